The van der Waals surface area contributed by atoms with Crippen LogP contribution in [-0.2, 0) is 19.9 Å². The molecule has 1 aromatic carbocycles. The minimum atomic E-state index is -3.79. The van der Waals surface area contributed by atoms with Crippen LogP contribution in [0.3, 0.4) is 0 Å². The van der Waals surface area contributed by atoms with Crippen LogP contribution >= 0.6 is 0 Å². The zero-order valence-corrected chi connectivity index (χ0v) is 13.1. The van der Waals surface area contributed by atoms with Crippen LogP contribution in [0.4, 0.5) is 5.69 Å². The maximum absolute atomic E-state index is 12.0. The van der Waals surface area contributed by atoms with Gasteiger partial charge in [-0.3, -0.25) is 4.31 Å². The minimum Gasteiger partial charge on any atom is -0.478 e. The third-order valence-electron chi connectivity index (χ3n) is 3.34. The second-order valence-corrected chi connectivity index (χ2v) is 8.96. The van der Waals surface area contributed by atoms with Crippen molar-refractivity contribution in [3.05, 3.63) is 23.8 Å². The lowest BCUT2D eigenvalue weighted by molar-refractivity contribution is 0.0692. The maximum atomic E-state index is 12.0. The van der Waals surface area contributed by atoms with Gasteiger partial charge < -0.3 is 5.11 Å². The van der Waals surface area contributed by atoms with Crippen LogP contribution in [0.5, 0.6) is 0 Å². The summed E-state index contributed by atoms with van der Waals surface area (Å²) in [7, 11) is -7.28. The van der Waals surface area contributed by atoms with Gasteiger partial charge >= 0.3 is 5.97 Å². The summed E-state index contributed by atoms with van der Waals surface area (Å²) in [5, 5.41) is 9.04. The van der Waals surface area contributed by atoms with Crippen LogP contribution < -0.4 is 4.31 Å². The Bertz CT molecular complexity index is 797. The summed E-state index contributed by atoms with van der Waals surface area (Å²) in [6.45, 7) is 1.72. The molecule has 1 aromatic rings. The predicted molar refractivity (Wildman–Crippen MR) is 76.9 cm³/mol. The van der Waals surface area contributed by atoms with Crippen molar-refractivity contribution in [3.8, 4) is 0 Å². The monoisotopic (exact) mass is 333 g/mol. The van der Waals surface area contributed by atoms with Crippen LogP contribution in [0.2, 0.25) is 0 Å². The second kappa shape index (κ2) is 4.99. The molecular formula is C12H15NO6S2. The first-order valence-corrected chi connectivity index (χ1v) is 9.63. The van der Waals surface area contributed by atoms with Gasteiger partial charge in [0.25, 0.3) is 0 Å². The number of aromatic carboxylic acids is 1. The van der Waals surface area contributed by atoms with Crippen molar-refractivity contribution in [2.75, 3.05) is 16.3 Å². The van der Waals surface area contributed by atoms with E-state index in [0.29, 0.717) is 6.42 Å². The average molecular weight is 333 g/mol. The fraction of sp³-hybridized carbons (Fsp3) is 0.417. The highest BCUT2D eigenvalue weighted by Crippen LogP contribution is 2.31. The van der Waals surface area contributed by atoms with E-state index in [1.807, 2.05) is 0 Å². The van der Waals surface area contributed by atoms with E-state index < -0.39 is 25.8 Å². The summed E-state index contributed by atoms with van der Waals surface area (Å²) in [5.74, 6) is -1.39. The Morgan fingerprint density at radius 2 is 2.00 bits per heavy atom. The van der Waals surface area contributed by atoms with E-state index in [0.717, 1.165) is 22.7 Å². The van der Waals surface area contributed by atoms with E-state index in [2.05, 4.69) is 0 Å². The first-order chi connectivity index (χ1) is 9.54. The van der Waals surface area contributed by atoms with E-state index in [-0.39, 0.29) is 27.9 Å². The number of carboxylic acid groups (broad SMARTS) is 1. The fourth-order valence-electron chi connectivity index (χ4n) is 2.36. The van der Waals surface area contributed by atoms with Crippen molar-refractivity contribution in [2.45, 2.75) is 24.3 Å². The van der Waals surface area contributed by atoms with Crippen molar-refractivity contribution in [1.82, 2.24) is 0 Å². The first kappa shape index (κ1) is 15.8. The standard InChI is InChI=1S/C12H15NO6S2/c1-8-5-6-21(18,19)13(8)9-3-4-10(12(14)15)11(7-9)20(2,16)17/h3-4,7-8H,5-6H2,1-2H3,(H,14,15)/t8-/m1/s1. The zero-order chi connectivity index (χ0) is 16.0. The topological polar surface area (TPSA) is 109 Å². The van der Waals surface area contributed by atoms with Gasteiger partial charge in [0.1, 0.15) is 0 Å². The normalized spacial score (nSPS) is 21.4. The quantitative estimate of drug-likeness (QED) is 0.873. The van der Waals surface area contributed by atoms with Gasteiger partial charge in [-0.2, -0.15) is 0 Å². The van der Waals surface area contributed by atoms with Gasteiger partial charge in [0, 0.05) is 12.3 Å². The highest BCUT2D eigenvalue weighted by Gasteiger charge is 2.35. The Morgan fingerprint density at radius 3 is 2.43 bits per heavy atom. The zero-order valence-electron chi connectivity index (χ0n) is 11.5. The SMILES string of the molecule is C[C@@H]1CCS(=O)(=O)N1c1ccc(C(=O)O)c(S(C)(=O)=O)c1. The molecule has 1 aliphatic heterocycles. The molecule has 0 saturated carbocycles. The largest absolute Gasteiger partial charge is 0.478 e. The van der Waals surface area contributed by atoms with E-state index in [9.17, 15) is 21.6 Å². The summed E-state index contributed by atoms with van der Waals surface area (Å²) in [5.41, 5.74) is -0.198. The number of hydrogen-bond donors (Lipinski definition) is 1. The molecule has 1 heterocycles. The van der Waals surface area contributed by atoms with Gasteiger partial charge in [-0.1, -0.05) is 0 Å². The Kier molecular flexibility index (Phi) is 3.75. The lowest BCUT2D eigenvalue weighted by atomic mass is 10.2. The number of anilines is 1. The molecule has 0 unspecified atom stereocenters. The van der Waals surface area contributed by atoms with Gasteiger partial charge in [-0.15, -0.1) is 0 Å². The summed E-state index contributed by atoms with van der Waals surface area (Å²) in [6, 6.07) is 3.25. The number of nitrogens with zero attached hydrogens (tertiary/aromatic N) is 1. The minimum absolute atomic E-state index is 0.0109. The number of hydrogen-bond acceptors (Lipinski definition) is 5. The molecule has 21 heavy (non-hydrogen) atoms. The molecule has 0 spiro atoms. The molecule has 0 bridgehead atoms. The van der Waals surface area contributed by atoms with Crippen LogP contribution in [-0.4, -0.2) is 46.0 Å². The predicted octanol–water partition coefficient (Wildman–Crippen LogP) is 0.717. The number of carboxylic acids is 1. The van der Waals surface area contributed by atoms with Crippen molar-refractivity contribution < 1.29 is 26.7 Å². The third kappa shape index (κ3) is 2.88. The number of sulfone groups is 1. The second-order valence-electron chi connectivity index (χ2n) is 5.01. The first-order valence-electron chi connectivity index (χ1n) is 6.13. The molecule has 7 nitrogen and oxygen atoms in total. The van der Waals surface area contributed by atoms with Crippen LogP contribution in [0, 0.1) is 0 Å². The maximum Gasteiger partial charge on any atom is 0.337 e. The van der Waals surface area contributed by atoms with Gasteiger partial charge in [0.05, 0.1) is 21.9 Å². The summed E-state index contributed by atoms with van der Waals surface area (Å²) < 4.78 is 48.6. The molecule has 1 N–H and O–H groups in total. The summed E-state index contributed by atoms with van der Waals surface area (Å²) in [4.78, 5) is 10.7. The van der Waals surface area contributed by atoms with E-state index >= 15 is 0 Å². The fourth-order valence-corrected chi connectivity index (χ4v) is 5.17. The van der Waals surface area contributed by atoms with Crippen LogP contribution in [0.15, 0.2) is 23.1 Å². The number of benzene rings is 1. The lowest BCUT2D eigenvalue weighted by Gasteiger charge is -2.23. The Balaban J connectivity index is 2.66. The number of carbonyl (C=O) groups is 1. The molecule has 9 heteroatoms. The molecule has 116 valence electrons. The van der Waals surface area contributed by atoms with Gasteiger partial charge in [0.15, 0.2) is 9.84 Å². The lowest BCUT2D eigenvalue weighted by Crippen LogP contribution is -2.31. The number of rotatable bonds is 3. The van der Waals surface area contributed by atoms with Crippen molar-refractivity contribution in [1.29, 1.82) is 0 Å². The van der Waals surface area contributed by atoms with Crippen molar-refractivity contribution >= 4 is 31.5 Å². The highest BCUT2D eigenvalue weighted by molar-refractivity contribution is 7.93. The van der Waals surface area contributed by atoms with Crippen molar-refractivity contribution in [3.63, 3.8) is 0 Å². The molecule has 1 fully saturated rings. The molecule has 2 rings (SSSR count). The summed E-state index contributed by atoms with van der Waals surface area (Å²) in [6.07, 6.45) is 1.33. The van der Waals surface area contributed by atoms with E-state index in [4.69, 9.17) is 5.11 Å². The van der Waals surface area contributed by atoms with Crippen LogP contribution in [0.25, 0.3) is 0 Å². The smallest absolute Gasteiger partial charge is 0.337 e. The molecule has 0 radical (unpaired) electrons. The Morgan fingerprint density at radius 1 is 1.38 bits per heavy atom. The van der Waals surface area contributed by atoms with E-state index in [1.54, 1.807) is 6.92 Å². The molecule has 0 aromatic heterocycles. The van der Waals surface area contributed by atoms with Gasteiger partial charge in [-0.05, 0) is 31.5 Å². The third-order valence-corrected chi connectivity index (χ3v) is 6.40. The van der Waals surface area contributed by atoms with Gasteiger partial charge in [0.2, 0.25) is 10.0 Å². The summed E-state index contributed by atoms with van der Waals surface area (Å²) >= 11 is 0. The molecule has 0 amide bonds. The average Bonchev–Trinajstić information content (AvgIpc) is 2.61. The molecule has 1 saturated heterocycles. The van der Waals surface area contributed by atoms with Gasteiger partial charge in [-0.25, -0.2) is 21.6 Å². The van der Waals surface area contributed by atoms with Crippen LogP contribution in [0.1, 0.15) is 23.7 Å². The Labute approximate surface area is 123 Å². The molecule has 0 aliphatic carbocycles. The Hall–Kier alpha value is -1.61. The molecule has 1 aliphatic rings. The molecule has 1 atom stereocenters. The molecular weight excluding hydrogens is 318 g/mol. The van der Waals surface area contributed by atoms with E-state index in [1.165, 1.54) is 6.07 Å². The highest BCUT2D eigenvalue weighted by atomic mass is 32.2. The number of sulfonamides is 1. The van der Waals surface area contributed by atoms with Crippen molar-refractivity contribution in [2.24, 2.45) is 0 Å².